The molecular formula is C28H28N4O5. The van der Waals surface area contributed by atoms with Crippen molar-refractivity contribution in [2.45, 2.75) is 32.0 Å². The Kier molecular flexibility index (Phi) is 9.91. The molecule has 0 aliphatic rings. The van der Waals surface area contributed by atoms with Crippen LogP contribution in [0.1, 0.15) is 37.4 Å². The number of aryl methyl sites for hydroxylation is 1. The normalized spacial score (nSPS) is 12.1. The molecule has 2 atom stereocenters. The van der Waals surface area contributed by atoms with E-state index in [0.717, 1.165) is 11.1 Å². The highest BCUT2D eigenvalue weighted by Gasteiger charge is 2.23. The zero-order valence-corrected chi connectivity index (χ0v) is 20.3. The summed E-state index contributed by atoms with van der Waals surface area (Å²) in [5.74, 6) is -1.93. The first-order valence-corrected chi connectivity index (χ1v) is 11.6. The van der Waals surface area contributed by atoms with Crippen LogP contribution < -0.4 is 16.2 Å². The van der Waals surface area contributed by atoms with Gasteiger partial charge in [0, 0.05) is 5.56 Å². The molecule has 9 nitrogen and oxygen atoms in total. The van der Waals surface area contributed by atoms with Crippen molar-refractivity contribution in [2.24, 2.45) is 0 Å². The van der Waals surface area contributed by atoms with Crippen LogP contribution in [0.4, 0.5) is 0 Å². The molecule has 0 aliphatic heterocycles. The topological polar surface area (TPSA) is 141 Å². The maximum atomic E-state index is 13.1. The number of carbonyl (C=O) groups excluding carboxylic acids is 2. The van der Waals surface area contributed by atoms with E-state index in [-0.39, 0.29) is 25.2 Å². The molecule has 3 aromatic carbocycles. The summed E-state index contributed by atoms with van der Waals surface area (Å²) in [6, 6.07) is 22.7. The number of carboxylic acid groups (broad SMARTS) is 1. The summed E-state index contributed by atoms with van der Waals surface area (Å²) < 4.78 is 5.56. The van der Waals surface area contributed by atoms with E-state index in [0.29, 0.717) is 11.1 Å². The minimum absolute atomic E-state index is 0.0767. The monoisotopic (exact) mass is 500 g/mol. The van der Waals surface area contributed by atoms with Crippen LogP contribution in [0.2, 0.25) is 0 Å². The van der Waals surface area contributed by atoms with E-state index in [4.69, 9.17) is 9.84 Å². The van der Waals surface area contributed by atoms with Gasteiger partial charge in [0.25, 0.3) is 5.91 Å². The van der Waals surface area contributed by atoms with E-state index in [1.165, 1.54) is 12.1 Å². The summed E-state index contributed by atoms with van der Waals surface area (Å²) in [6.07, 6.45) is 0.267. The highest BCUT2D eigenvalue weighted by molar-refractivity contribution is 5.94. The Morgan fingerprint density at radius 2 is 1.65 bits per heavy atom. The lowest BCUT2D eigenvalue weighted by atomic mass is 10.0. The predicted octanol–water partition coefficient (Wildman–Crippen LogP) is 2.76. The van der Waals surface area contributed by atoms with Gasteiger partial charge in [0.1, 0.15) is 12.1 Å². The standard InChI is InChI=1S/C28H28N4O5/c1-19-7-5-8-20(13-19)15-25(31-32-26(33)22-10-3-2-4-11-22)27(34)30-24(16-29)18-37-17-21-9-6-12-23(14-21)28(35)36/h2-14,24-25,31H,15,17-18H2,1H3,(H,30,34)(H,32,33)(H,35,36)/t24-,25+/m1/s1. The van der Waals surface area contributed by atoms with Gasteiger partial charge in [-0.15, -0.1) is 0 Å². The molecule has 4 N–H and O–H groups in total. The number of hydrogen-bond donors (Lipinski definition) is 4. The molecule has 3 rings (SSSR count). The third-order valence-electron chi connectivity index (χ3n) is 5.43. The Balaban J connectivity index is 1.62. The third-order valence-corrected chi connectivity index (χ3v) is 5.43. The summed E-state index contributed by atoms with van der Waals surface area (Å²) in [4.78, 5) is 36.7. The highest BCUT2D eigenvalue weighted by Crippen LogP contribution is 2.09. The molecule has 0 spiro atoms. The smallest absolute Gasteiger partial charge is 0.335 e. The Hall–Kier alpha value is -4.52. The van der Waals surface area contributed by atoms with Crippen molar-refractivity contribution in [3.63, 3.8) is 0 Å². The lowest BCUT2D eigenvalue weighted by Gasteiger charge is -2.21. The van der Waals surface area contributed by atoms with Crippen molar-refractivity contribution in [3.8, 4) is 6.07 Å². The molecule has 0 radical (unpaired) electrons. The number of carbonyl (C=O) groups is 3. The second-order valence-corrected chi connectivity index (χ2v) is 8.42. The number of nitriles is 1. The van der Waals surface area contributed by atoms with Gasteiger partial charge in [0.05, 0.1) is 24.8 Å². The SMILES string of the molecule is Cc1cccc(C[C@H](NNC(=O)c2ccccc2)C(=O)N[C@H](C#N)COCc2cccc(C(=O)O)c2)c1. The van der Waals surface area contributed by atoms with Crippen molar-refractivity contribution in [1.29, 1.82) is 5.26 Å². The average Bonchev–Trinajstić information content (AvgIpc) is 2.90. The first-order valence-electron chi connectivity index (χ1n) is 11.6. The number of hydrazine groups is 1. The number of rotatable bonds is 12. The van der Waals surface area contributed by atoms with Crippen molar-refractivity contribution in [1.82, 2.24) is 16.2 Å². The van der Waals surface area contributed by atoms with Gasteiger partial charge in [-0.05, 0) is 48.7 Å². The maximum Gasteiger partial charge on any atom is 0.335 e. The molecule has 0 unspecified atom stereocenters. The van der Waals surface area contributed by atoms with E-state index in [2.05, 4.69) is 16.2 Å². The minimum atomic E-state index is -1.05. The first-order chi connectivity index (χ1) is 17.9. The van der Waals surface area contributed by atoms with Crippen LogP contribution in [0.3, 0.4) is 0 Å². The number of aromatic carboxylic acids is 1. The maximum absolute atomic E-state index is 13.1. The number of hydrogen-bond acceptors (Lipinski definition) is 6. The number of ether oxygens (including phenoxy) is 1. The quantitative estimate of drug-likeness (QED) is 0.280. The van der Waals surface area contributed by atoms with Gasteiger partial charge in [0.15, 0.2) is 0 Å². The molecule has 0 heterocycles. The van der Waals surface area contributed by atoms with Gasteiger partial charge in [0.2, 0.25) is 5.91 Å². The molecule has 3 aromatic rings. The summed E-state index contributed by atoms with van der Waals surface area (Å²) in [7, 11) is 0. The Morgan fingerprint density at radius 3 is 2.35 bits per heavy atom. The zero-order valence-electron chi connectivity index (χ0n) is 20.3. The number of benzene rings is 3. The molecule has 0 fully saturated rings. The fourth-order valence-electron chi connectivity index (χ4n) is 3.57. The fraction of sp³-hybridized carbons (Fsp3) is 0.214. The molecule has 9 heteroatoms. The molecule has 0 saturated carbocycles. The third kappa shape index (κ3) is 8.58. The summed E-state index contributed by atoms with van der Waals surface area (Å²) >= 11 is 0. The first kappa shape index (κ1) is 27.1. The van der Waals surface area contributed by atoms with Gasteiger partial charge in [-0.3, -0.25) is 15.0 Å². The predicted molar refractivity (Wildman–Crippen MR) is 136 cm³/mol. The van der Waals surface area contributed by atoms with Gasteiger partial charge < -0.3 is 15.2 Å². The van der Waals surface area contributed by atoms with Crippen molar-refractivity contribution in [2.75, 3.05) is 6.61 Å². The largest absolute Gasteiger partial charge is 0.478 e. The second kappa shape index (κ2) is 13.5. The minimum Gasteiger partial charge on any atom is -0.478 e. The van der Waals surface area contributed by atoms with Crippen LogP contribution >= 0.6 is 0 Å². The Labute approximate surface area is 215 Å². The lowest BCUT2D eigenvalue weighted by Crippen LogP contribution is -2.55. The van der Waals surface area contributed by atoms with Crippen LogP contribution in [0.25, 0.3) is 0 Å². The summed E-state index contributed by atoms with van der Waals surface area (Å²) in [5, 5.41) is 21.3. The molecule has 37 heavy (non-hydrogen) atoms. The number of carboxylic acids is 1. The van der Waals surface area contributed by atoms with Gasteiger partial charge >= 0.3 is 5.97 Å². The lowest BCUT2D eigenvalue weighted by molar-refractivity contribution is -0.124. The molecule has 0 aliphatic carbocycles. The van der Waals surface area contributed by atoms with Gasteiger partial charge in [-0.1, -0.05) is 60.2 Å². The molecule has 2 amide bonds. The second-order valence-electron chi connectivity index (χ2n) is 8.42. The number of nitrogens with zero attached hydrogens (tertiary/aromatic N) is 1. The van der Waals surface area contributed by atoms with E-state index in [1.54, 1.807) is 42.5 Å². The number of amides is 2. The Bertz CT molecular complexity index is 1270. The van der Waals surface area contributed by atoms with Crippen LogP contribution in [0.5, 0.6) is 0 Å². The van der Waals surface area contributed by atoms with Gasteiger partial charge in [-0.2, -0.15) is 5.26 Å². The van der Waals surface area contributed by atoms with Crippen molar-refractivity contribution < 1.29 is 24.2 Å². The Morgan fingerprint density at radius 1 is 0.946 bits per heavy atom. The molecule has 190 valence electrons. The van der Waals surface area contributed by atoms with E-state index in [1.807, 2.05) is 37.3 Å². The van der Waals surface area contributed by atoms with Crippen molar-refractivity contribution >= 4 is 17.8 Å². The van der Waals surface area contributed by atoms with Crippen LogP contribution in [-0.2, 0) is 22.6 Å². The molecule has 0 bridgehead atoms. The van der Waals surface area contributed by atoms with E-state index < -0.39 is 29.9 Å². The van der Waals surface area contributed by atoms with Crippen LogP contribution in [0.15, 0.2) is 78.9 Å². The van der Waals surface area contributed by atoms with Crippen LogP contribution in [-0.4, -0.2) is 41.6 Å². The van der Waals surface area contributed by atoms with Gasteiger partial charge in [-0.25, -0.2) is 10.2 Å². The highest BCUT2D eigenvalue weighted by atomic mass is 16.5. The molecule has 0 aromatic heterocycles. The zero-order chi connectivity index (χ0) is 26.6. The number of nitrogens with one attached hydrogen (secondary N) is 3. The fourth-order valence-corrected chi connectivity index (χ4v) is 3.57. The molecular weight excluding hydrogens is 472 g/mol. The van der Waals surface area contributed by atoms with E-state index in [9.17, 15) is 19.6 Å². The summed E-state index contributed by atoms with van der Waals surface area (Å²) in [5.41, 5.74) is 8.47. The van der Waals surface area contributed by atoms with Crippen molar-refractivity contribution in [3.05, 3.63) is 107 Å². The summed E-state index contributed by atoms with van der Waals surface area (Å²) in [6.45, 7) is 1.92. The van der Waals surface area contributed by atoms with Crippen LogP contribution in [0, 0.1) is 18.3 Å². The van der Waals surface area contributed by atoms with E-state index >= 15 is 0 Å². The average molecular weight is 501 g/mol. The molecule has 0 saturated heterocycles.